The molecule has 2 rings (SSSR count). The predicted molar refractivity (Wildman–Crippen MR) is 81.7 cm³/mol. The van der Waals surface area contributed by atoms with Gasteiger partial charge in [-0.1, -0.05) is 18.2 Å². The van der Waals surface area contributed by atoms with Crippen molar-refractivity contribution in [3.63, 3.8) is 0 Å². The first-order valence-corrected chi connectivity index (χ1v) is 6.56. The Bertz CT molecular complexity index is 595. The average molecular weight is 284 g/mol. The smallest absolute Gasteiger partial charge is 0.351 e. The Morgan fingerprint density at radius 2 is 1.76 bits per heavy atom. The number of benzene rings is 2. The number of rotatable bonds is 6. The highest BCUT2D eigenvalue weighted by atomic mass is 16.5. The minimum atomic E-state index is -0.478. The second kappa shape index (κ2) is 7.69. The summed E-state index contributed by atoms with van der Waals surface area (Å²) in [5.74, 6) is 1.02. The first kappa shape index (κ1) is 14.6. The molecule has 0 bridgehead atoms. The lowest BCUT2D eigenvalue weighted by atomic mass is 10.3. The Morgan fingerprint density at radius 1 is 1.10 bits per heavy atom. The second-order valence-electron chi connectivity index (χ2n) is 4.06. The van der Waals surface area contributed by atoms with E-state index >= 15 is 0 Å². The molecule has 0 spiro atoms. The van der Waals surface area contributed by atoms with Crippen LogP contribution >= 0.6 is 0 Å². The number of nitrogens with zero attached hydrogens (tertiary/aromatic N) is 1. The van der Waals surface area contributed by atoms with Crippen molar-refractivity contribution in [3.05, 3.63) is 54.6 Å². The number of carbonyl (C=O) groups excluding carboxylic acids is 1. The van der Waals surface area contributed by atoms with Gasteiger partial charge in [0.05, 0.1) is 12.3 Å². The zero-order valence-corrected chi connectivity index (χ0v) is 11.7. The third-order valence-electron chi connectivity index (χ3n) is 2.48. The molecule has 0 aliphatic heterocycles. The maximum Gasteiger partial charge on any atom is 0.351 e. The normalized spacial score (nSPS) is 10.3. The van der Waals surface area contributed by atoms with Crippen LogP contribution in [0.25, 0.3) is 0 Å². The zero-order chi connectivity index (χ0) is 14.9. The van der Waals surface area contributed by atoms with Crippen LogP contribution in [0.2, 0.25) is 0 Å². The summed E-state index contributed by atoms with van der Waals surface area (Å²) in [5, 5.41) is 3.78. The molecule has 108 valence electrons. The molecular formula is C16H16N2O3. The number of esters is 1. The first-order valence-electron chi connectivity index (χ1n) is 6.56. The van der Waals surface area contributed by atoms with E-state index < -0.39 is 5.97 Å². The maximum atomic E-state index is 11.1. The zero-order valence-electron chi connectivity index (χ0n) is 11.7. The van der Waals surface area contributed by atoms with Gasteiger partial charge in [-0.25, -0.2) is 4.79 Å². The van der Waals surface area contributed by atoms with Crippen molar-refractivity contribution in [2.45, 2.75) is 6.92 Å². The molecule has 0 saturated heterocycles. The van der Waals surface area contributed by atoms with Crippen molar-refractivity contribution in [1.82, 2.24) is 0 Å². The van der Waals surface area contributed by atoms with Gasteiger partial charge in [-0.2, -0.15) is 5.10 Å². The summed E-state index contributed by atoms with van der Waals surface area (Å²) >= 11 is 0. The molecule has 0 unspecified atom stereocenters. The van der Waals surface area contributed by atoms with Gasteiger partial charge in [0.15, 0.2) is 0 Å². The summed E-state index contributed by atoms with van der Waals surface area (Å²) in [5.41, 5.74) is 3.48. The fourth-order valence-corrected chi connectivity index (χ4v) is 1.56. The van der Waals surface area contributed by atoms with E-state index in [0.717, 1.165) is 23.4 Å². The number of carbonyl (C=O) groups is 1. The topological polar surface area (TPSA) is 59.9 Å². The van der Waals surface area contributed by atoms with Gasteiger partial charge in [-0.05, 0) is 43.3 Å². The molecule has 2 aromatic rings. The van der Waals surface area contributed by atoms with Gasteiger partial charge in [0, 0.05) is 0 Å². The molecule has 0 amide bonds. The number of hydrogen-bond acceptors (Lipinski definition) is 5. The number of para-hydroxylation sites is 1. The lowest BCUT2D eigenvalue weighted by molar-refractivity contribution is -0.134. The van der Waals surface area contributed by atoms with Crippen molar-refractivity contribution in [1.29, 1.82) is 0 Å². The number of nitrogens with one attached hydrogen (secondary N) is 1. The summed E-state index contributed by atoms with van der Waals surface area (Å²) in [7, 11) is 0. The number of hydrazone groups is 1. The van der Waals surface area contributed by atoms with Crippen molar-refractivity contribution in [2.75, 3.05) is 12.0 Å². The van der Waals surface area contributed by atoms with E-state index in [-0.39, 0.29) is 0 Å². The first-order chi connectivity index (χ1) is 10.3. The Balaban J connectivity index is 1.89. The maximum absolute atomic E-state index is 11.1. The van der Waals surface area contributed by atoms with Crippen LogP contribution in [0.5, 0.6) is 11.5 Å². The highest BCUT2D eigenvalue weighted by Crippen LogP contribution is 2.22. The molecule has 2 aromatic carbocycles. The molecular weight excluding hydrogens is 268 g/mol. The number of hydrogen-bond donors (Lipinski definition) is 1. The van der Waals surface area contributed by atoms with Crippen LogP contribution in [0, 0.1) is 0 Å². The highest BCUT2D eigenvalue weighted by molar-refractivity contribution is 6.23. The van der Waals surface area contributed by atoms with Crippen molar-refractivity contribution >= 4 is 17.9 Å². The van der Waals surface area contributed by atoms with E-state index in [0.29, 0.717) is 6.61 Å². The third kappa shape index (κ3) is 4.99. The molecule has 0 fully saturated rings. The van der Waals surface area contributed by atoms with E-state index in [1.165, 1.54) is 0 Å². The van der Waals surface area contributed by atoms with E-state index in [1.807, 2.05) is 42.5 Å². The monoisotopic (exact) mass is 284 g/mol. The fraction of sp³-hybridized carbons (Fsp3) is 0.125. The van der Waals surface area contributed by atoms with Crippen LogP contribution in [0.1, 0.15) is 6.92 Å². The Labute approximate surface area is 123 Å². The molecule has 21 heavy (non-hydrogen) atoms. The van der Waals surface area contributed by atoms with E-state index in [9.17, 15) is 4.79 Å². The quantitative estimate of drug-likeness (QED) is 0.501. The third-order valence-corrected chi connectivity index (χ3v) is 2.48. The summed E-state index contributed by atoms with van der Waals surface area (Å²) in [6.45, 7) is 2.07. The lowest BCUT2D eigenvalue weighted by Gasteiger charge is -2.06. The van der Waals surface area contributed by atoms with Gasteiger partial charge in [-0.3, -0.25) is 5.43 Å². The van der Waals surface area contributed by atoms with E-state index in [4.69, 9.17) is 9.47 Å². The molecule has 0 aromatic heterocycles. The number of anilines is 1. The molecule has 1 N–H and O–H groups in total. The van der Waals surface area contributed by atoms with Gasteiger partial charge in [0.25, 0.3) is 0 Å². The molecule has 0 saturated carbocycles. The van der Waals surface area contributed by atoms with Gasteiger partial charge >= 0.3 is 5.97 Å². The van der Waals surface area contributed by atoms with Gasteiger partial charge < -0.3 is 9.47 Å². The van der Waals surface area contributed by atoms with Crippen LogP contribution in [-0.2, 0) is 9.53 Å². The fourth-order valence-electron chi connectivity index (χ4n) is 1.56. The summed E-state index contributed by atoms with van der Waals surface area (Å²) in [6.07, 6.45) is 1.10. The SMILES string of the molecule is CCOC(=O)/C=N/Nc1ccc(Oc2ccccc2)cc1. The van der Waals surface area contributed by atoms with Gasteiger partial charge in [-0.15, -0.1) is 0 Å². The minimum Gasteiger partial charge on any atom is -0.462 e. The minimum absolute atomic E-state index is 0.330. The van der Waals surface area contributed by atoms with Gasteiger partial charge in [0.1, 0.15) is 17.7 Å². The van der Waals surface area contributed by atoms with Crippen molar-refractivity contribution < 1.29 is 14.3 Å². The summed E-state index contributed by atoms with van der Waals surface area (Å²) < 4.78 is 10.4. The average Bonchev–Trinajstić information content (AvgIpc) is 2.50. The Morgan fingerprint density at radius 3 is 2.43 bits per heavy atom. The molecule has 0 atom stereocenters. The van der Waals surface area contributed by atoms with Crippen LogP contribution in [-0.4, -0.2) is 18.8 Å². The van der Waals surface area contributed by atoms with Crippen molar-refractivity contribution in [2.24, 2.45) is 5.10 Å². The predicted octanol–water partition coefficient (Wildman–Crippen LogP) is 3.44. The standard InChI is InChI=1S/C16H16N2O3/c1-2-20-16(19)12-17-18-13-8-10-15(11-9-13)21-14-6-4-3-5-7-14/h3-12,18H,2H2,1H3/b17-12+. The highest BCUT2D eigenvalue weighted by Gasteiger charge is 1.97. The molecule has 0 heterocycles. The van der Waals surface area contributed by atoms with Crippen LogP contribution in [0.15, 0.2) is 59.7 Å². The summed E-state index contributed by atoms with van der Waals surface area (Å²) in [4.78, 5) is 11.1. The number of ether oxygens (including phenoxy) is 2. The largest absolute Gasteiger partial charge is 0.462 e. The molecule has 5 heteroatoms. The molecule has 0 aliphatic carbocycles. The molecule has 5 nitrogen and oxygen atoms in total. The Kier molecular flexibility index (Phi) is 5.34. The second-order valence-corrected chi connectivity index (χ2v) is 4.06. The Hall–Kier alpha value is -2.82. The van der Waals surface area contributed by atoms with Crippen LogP contribution in [0.3, 0.4) is 0 Å². The molecule has 0 radical (unpaired) electrons. The van der Waals surface area contributed by atoms with E-state index in [1.54, 1.807) is 19.1 Å². The lowest BCUT2D eigenvalue weighted by Crippen LogP contribution is -2.06. The van der Waals surface area contributed by atoms with E-state index in [2.05, 4.69) is 10.5 Å². The van der Waals surface area contributed by atoms with Crippen molar-refractivity contribution in [3.8, 4) is 11.5 Å². The van der Waals surface area contributed by atoms with Crippen LogP contribution < -0.4 is 10.2 Å². The van der Waals surface area contributed by atoms with Gasteiger partial charge in [0.2, 0.25) is 0 Å². The molecule has 0 aliphatic rings. The summed E-state index contributed by atoms with van der Waals surface area (Å²) in [6, 6.07) is 16.8. The van der Waals surface area contributed by atoms with Crippen LogP contribution in [0.4, 0.5) is 5.69 Å².